The van der Waals surface area contributed by atoms with E-state index in [0.717, 1.165) is 31.6 Å². The zero-order valence-corrected chi connectivity index (χ0v) is 15.8. The van der Waals surface area contributed by atoms with Gasteiger partial charge in [0.25, 0.3) is 5.91 Å². The summed E-state index contributed by atoms with van der Waals surface area (Å²) in [5.41, 5.74) is 0.515. The van der Waals surface area contributed by atoms with Crippen LogP contribution in [-0.2, 0) is 0 Å². The highest BCUT2D eigenvalue weighted by atomic mass is 16.5. The number of benzene rings is 2. The molecule has 1 N–H and O–H groups in total. The zero-order valence-electron chi connectivity index (χ0n) is 15.8. The maximum absolute atomic E-state index is 12.4. The molecule has 1 amide bonds. The molecule has 0 aliphatic heterocycles. The second kappa shape index (κ2) is 10.5. The average Bonchev–Trinajstić information content (AvgIpc) is 2.64. The van der Waals surface area contributed by atoms with Crippen molar-refractivity contribution in [2.45, 2.75) is 19.3 Å². The Morgan fingerprint density at radius 2 is 1.77 bits per heavy atom. The summed E-state index contributed by atoms with van der Waals surface area (Å²) in [4.78, 5) is 14.6. The highest BCUT2D eigenvalue weighted by Gasteiger charge is 2.13. The normalized spacial score (nSPS) is 10.6. The van der Waals surface area contributed by atoms with Gasteiger partial charge in [-0.05, 0) is 57.7 Å². The quantitative estimate of drug-likeness (QED) is 0.655. The number of amides is 1. The third kappa shape index (κ3) is 6.41. The lowest BCUT2D eigenvalue weighted by molar-refractivity contribution is 0.0950. The number of carbonyl (C=O) groups excluding carboxylic acids is 1. The predicted molar refractivity (Wildman–Crippen MR) is 104 cm³/mol. The molecule has 140 valence electrons. The largest absolute Gasteiger partial charge is 0.496 e. The molecule has 0 atom stereocenters. The molecule has 26 heavy (non-hydrogen) atoms. The van der Waals surface area contributed by atoms with Gasteiger partial charge in [-0.15, -0.1) is 0 Å². The zero-order chi connectivity index (χ0) is 18.8. The Bertz CT molecular complexity index is 687. The molecule has 2 aromatic rings. The lowest BCUT2D eigenvalue weighted by Crippen LogP contribution is -2.25. The molecule has 0 spiro atoms. The van der Waals surface area contributed by atoms with Gasteiger partial charge in [0.2, 0.25) is 0 Å². The van der Waals surface area contributed by atoms with Crippen LogP contribution in [0.4, 0.5) is 0 Å². The smallest absolute Gasteiger partial charge is 0.255 e. The Morgan fingerprint density at radius 1 is 1.00 bits per heavy atom. The molecule has 2 aromatic carbocycles. The van der Waals surface area contributed by atoms with Crippen LogP contribution in [0.2, 0.25) is 0 Å². The molecule has 0 unspecified atom stereocenters. The van der Waals surface area contributed by atoms with Crippen molar-refractivity contribution >= 4 is 5.91 Å². The summed E-state index contributed by atoms with van der Waals surface area (Å²) in [6, 6.07) is 14.8. The number of hydrogen-bond acceptors (Lipinski definition) is 4. The first kappa shape index (κ1) is 19.8. The Labute approximate surface area is 155 Å². The third-order valence-electron chi connectivity index (χ3n) is 3.96. The van der Waals surface area contributed by atoms with Crippen LogP contribution in [0.3, 0.4) is 0 Å². The van der Waals surface area contributed by atoms with Crippen molar-refractivity contribution in [3.63, 3.8) is 0 Å². The molecule has 5 nitrogen and oxygen atoms in total. The van der Waals surface area contributed by atoms with Crippen molar-refractivity contribution in [2.75, 3.05) is 34.3 Å². The minimum Gasteiger partial charge on any atom is -0.496 e. The molecule has 0 saturated carbocycles. The van der Waals surface area contributed by atoms with E-state index < -0.39 is 0 Å². The van der Waals surface area contributed by atoms with Gasteiger partial charge >= 0.3 is 0 Å². The molecule has 0 aromatic heterocycles. The Kier molecular flexibility index (Phi) is 7.96. The van der Waals surface area contributed by atoms with Gasteiger partial charge in [-0.3, -0.25) is 4.79 Å². The van der Waals surface area contributed by atoms with E-state index >= 15 is 0 Å². The van der Waals surface area contributed by atoms with Crippen LogP contribution < -0.4 is 14.8 Å². The summed E-state index contributed by atoms with van der Waals surface area (Å²) in [7, 11) is 5.69. The maximum Gasteiger partial charge on any atom is 0.255 e. The number of hydrogen-bond donors (Lipinski definition) is 1. The fourth-order valence-corrected chi connectivity index (χ4v) is 2.57. The topological polar surface area (TPSA) is 50.8 Å². The number of carbonyl (C=O) groups is 1. The van der Waals surface area contributed by atoms with Gasteiger partial charge in [-0.2, -0.15) is 0 Å². The molecule has 0 fully saturated rings. The summed E-state index contributed by atoms with van der Waals surface area (Å²) in [5.74, 6) is 1.75. The van der Waals surface area contributed by atoms with Crippen LogP contribution in [0.5, 0.6) is 17.2 Å². The van der Waals surface area contributed by atoms with E-state index in [0.29, 0.717) is 23.6 Å². The molecular formula is C21H28N2O3. The van der Waals surface area contributed by atoms with E-state index in [4.69, 9.17) is 9.47 Å². The van der Waals surface area contributed by atoms with Crippen LogP contribution >= 0.6 is 0 Å². The summed E-state index contributed by atoms with van der Waals surface area (Å²) in [5, 5.41) is 2.96. The number of nitrogens with zero attached hydrogens (tertiary/aromatic N) is 1. The van der Waals surface area contributed by atoms with Crippen molar-refractivity contribution in [3.8, 4) is 17.2 Å². The van der Waals surface area contributed by atoms with Crippen LogP contribution in [-0.4, -0.2) is 45.1 Å². The van der Waals surface area contributed by atoms with Crippen LogP contribution in [0, 0.1) is 0 Å². The highest BCUT2D eigenvalue weighted by molar-refractivity contribution is 5.97. The van der Waals surface area contributed by atoms with Gasteiger partial charge in [-0.25, -0.2) is 0 Å². The summed E-state index contributed by atoms with van der Waals surface area (Å²) < 4.78 is 11.2. The van der Waals surface area contributed by atoms with E-state index in [-0.39, 0.29) is 5.91 Å². The second-order valence-corrected chi connectivity index (χ2v) is 6.40. The third-order valence-corrected chi connectivity index (χ3v) is 3.96. The second-order valence-electron chi connectivity index (χ2n) is 6.40. The maximum atomic E-state index is 12.4. The van der Waals surface area contributed by atoms with E-state index in [9.17, 15) is 4.79 Å². The van der Waals surface area contributed by atoms with E-state index in [1.54, 1.807) is 25.3 Å². The molecule has 0 saturated heterocycles. The first-order chi connectivity index (χ1) is 12.6. The molecule has 0 bridgehead atoms. The Balaban J connectivity index is 1.89. The van der Waals surface area contributed by atoms with Crippen molar-refractivity contribution in [3.05, 3.63) is 54.1 Å². The molecule has 0 aliphatic rings. The van der Waals surface area contributed by atoms with Gasteiger partial charge in [0.05, 0.1) is 12.7 Å². The van der Waals surface area contributed by atoms with Crippen LogP contribution in [0.25, 0.3) is 0 Å². The average molecular weight is 356 g/mol. The number of ether oxygens (including phenoxy) is 2. The fraction of sp³-hybridized carbons (Fsp3) is 0.381. The van der Waals surface area contributed by atoms with Gasteiger partial charge in [-0.1, -0.05) is 24.6 Å². The molecule has 0 radical (unpaired) electrons. The van der Waals surface area contributed by atoms with E-state index in [1.165, 1.54) is 0 Å². The molecule has 5 heteroatoms. The van der Waals surface area contributed by atoms with Crippen LogP contribution in [0.15, 0.2) is 48.5 Å². The van der Waals surface area contributed by atoms with Gasteiger partial charge < -0.3 is 19.7 Å². The van der Waals surface area contributed by atoms with Gasteiger partial charge in [0.15, 0.2) is 0 Å². The van der Waals surface area contributed by atoms with E-state index in [1.807, 2.05) is 30.3 Å². The van der Waals surface area contributed by atoms with Crippen molar-refractivity contribution < 1.29 is 14.3 Å². The fourth-order valence-electron chi connectivity index (χ4n) is 2.57. The highest BCUT2D eigenvalue weighted by Crippen LogP contribution is 2.28. The summed E-state index contributed by atoms with van der Waals surface area (Å²) in [6.45, 7) is 1.74. The standard InChI is InChI=1S/C21H28N2O3/c1-23(2)15-9-5-8-14-22-21(24)19-13-12-18(16-20(19)25-3)26-17-10-6-4-7-11-17/h4,6-7,10-13,16H,5,8-9,14-15H2,1-3H3,(H,22,24). The molecule has 0 heterocycles. The minimum atomic E-state index is -0.124. The molecule has 0 aliphatic carbocycles. The Morgan fingerprint density at radius 3 is 2.46 bits per heavy atom. The number of rotatable bonds is 10. The molecular weight excluding hydrogens is 328 g/mol. The number of unbranched alkanes of at least 4 members (excludes halogenated alkanes) is 2. The van der Waals surface area contributed by atoms with Crippen molar-refractivity contribution in [1.82, 2.24) is 10.2 Å². The van der Waals surface area contributed by atoms with Crippen molar-refractivity contribution in [1.29, 1.82) is 0 Å². The van der Waals surface area contributed by atoms with E-state index in [2.05, 4.69) is 24.3 Å². The SMILES string of the molecule is COc1cc(Oc2ccccc2)ccc1C(=O)NCCCCCN(C)C. The summed E-state index contributed by atoms with van der Waals surface area (Å²) in [6.07, 6.45) is 3.20. The van der Waals surface area contributed by atoms with Crippen LogP contribution in [0.1, 0.15) is 29.6 Å². The number of para-hydroxylation sites is 1. The lowest BCUT2D eigenvalue weighted by atomic mass is 10.1. The van der Waals surface area contributed by atoms with Gasteiger partial charge in [0, 0.05) is 12.6 Å². The number of methoxy groups -OCH3 is 1. The molecule has 2 rings (SSSR count). The predicted octanol–water partition coefficient (Wildman–Crippen LogP) is 3.95. The number of nitrogens with one attached hydrogen (secondary N) is 1. The van der Waals surface area contributed by atoms with Gasteiger partial charge in [0.1, 0.15) is 17.2 Å². The Hall–Kier alpha value is -2.53. The lowest BCUT2D eigenvalue weighted by Gasteiger charge is -2.12. The van der Waals surface area contributed by atoms with Crippen molar-refractivity contribution in [2.24, 2.45) is 0 Å². The summed E-state index contributed by atoms with van der Waals surface area (Å²) >= 11 is 0. The first-order valence-corrected chi connectivity index (χ1v) is 8.94. The monoisotopic (exact) mass is 356 g/mol. The minimum absolute atomic E-state index is 0.124. The first-order valence-electron chi connectivity index (χ1n) is 8.94.